The first-order chi connectivity index (χ1) is 20.8. The van der Waals surface area contributed by atoms with Crippen molar-refractivity contribution in [2.45, 2.75) is 44.6 Å². The maximum Gasteiger partial charge on any atom is 0.315 e. The number of halogens is 1. The summed E-state index contributed by atoms with van der Waals surface area (Å²) in [6.45, 7) is 4.22. The zero-order valence-electron chi connectivity index (χ0n) is 24.6. The van der Waals surface area contributed by atoms with E-state index in [0.29, 0.717) is 56.9 Å². The highest BCUT2D eigenvalue weighted by molar-refractivity contribution is 6.30. The first-order valence-corrected chi connectivity index (χ1v) is 15.2. The third-order valence-electron chi connectivity index (χ3n) is 7.94. The molecule has 3 aromatic carbocycles. The molecule has 0 aliphatic carbocycles. The molecule has 228 valence electrons. The van der Waals surface area contributed by atoms with Crippen molar-refractivity contribution >= 4 is 40.8 Å². The van der Waals surface area contributed by atoms with Crippen LogP contribution < -0.4 is 10.2 Å². The lowest BCUT2D eigenvalue weighted by molar-refractivity contribution is -0.149. The Hall–Kier alpha value is -3.88. The van der Waals surface area contributed by atoms with E-state index < -0.39 is 11.6 Å². The molecule has 0 aromatic heterocycles. The zero-order valence-corrected chi connectivity index (χ0v) is 25.3. The number of anilines is 2. The van der Waals surface area contributed by atoms with Crippen LogP contribution in [-0.2, 0) is 24.7 Å². The van der Waals surface area contributed by atoms with Crippen molar-refractivity contribution in [1.82, 2.24) is 4.90 Å². The molecular formula is C34H40ClN3O5. The number of carbonyl (C=O) groups is 3. The number of nitrogens with zero attached hydrogens (tertiary/aromatic N) is 2. The average molecular weight is 606 g/mol. The fourth-order valence-corrected chi connectivity index (χ4v) is 5.56. The Labute approximate surface area is 258 Å². The molecule has 0 atom stereocenters. The number of amides is 2. The molecule has 0 unspecified atom stereocenters. The quantitative estimate of drug-likeness (QED) is 0.267. The van der Waals surface area contributed by atoms with Crippen LogP contribution in [0.2, 0.25) is 5.02 Å². The molecule has 5 rings (SSSR count). The van der Waals surface area contributed by atoms with Gasteiger partial charge in [0.25, 0.3) is 0 Å². The van der Waals surface area contributed by atoms with Crippen LogP contribution in [0.15, 0.2) is 84.9 Å². The van der Waals surface area contributed by atoms with Crippen molar-refractivity contribution in [3.63, 3.8) is 0 Å². The van der Waals surface area contributed by atoms with Crippen molar-refractivity contribution in [3.05, 3.63) is 95.5 Å². The SMILES string of the molecule is CCOC(=O)CC(=O)N1CCC(C(=O)Nc2cccc(N3CCC(O)(c4ccc(Cl)cc4)CC3)c2)CC1.c1ccccc1. The van der Waals surface area contributed by atoms with Crippen molar-refractivity contribution in [2.75, 3.05) is 43.0 Å². The van der Waals surface area contributed by atoms with Gasteiger partial charge in [-0.3, -0.25) is 14.4 Å². The number of benzene rings is 3. The van der Waals surface area contributed by atoms with Crippen LogP contribution in [-0.4, -0.2) is 60.6 Å². The second-order valence-corrected chi connectivity index (χ2v) is 11.3. The Morgan fingerprint density at radius 2 is 1.51 bits per heavy atom. The van der Waals surface area contributed by atoms with Crippen LogP contribution in [0.3, 0.4) is 0 Å². The standard InChI is InChI=1S/C28H34ClN3O5.C6H6/c1-2-37-26(34)19-25(33)32-14-10-20(11-15-32)27(35)30-23-4-3-5-24(18-23)31-16-12-28(36,13-17-31)21-6-8-22(29)9-7-21;1-2-4-6-5-3-1/h3-9,18,20,36H,2,10-17,19H2,1H3,(H,30,35);1-6H. The molecule has 2 saturated heterocycles. The minimum atomic E-state index is -0.876. The van der Waals surface area contributed by atoms with Crippen molar-refractivity contribution < 1.29 is 24.2 Å². The van der Waals surface area contributed by atoms with Gasteiger partial charge in [0.05, 0.1) is 12.2 Å². The number of hydrogen-bond acceptors (Lipinski definition) is 6. The lowest BCUT2D eigenvalue weighted by atomic mass is 9.84. The van der Waals surface area contributed by atoms with Gasteiger partial charge < -0.3 is 25.0 Å². The van der Waals surface area contributed by atoms with Gasteiger partial charge in [-0.2, -0.15) is 0 Å². The number of esters is 1. The van der Waals surface area contributed by atoms with Gasteiger partial charge in [-0.15, -0.1) is 0 Å². The van der Waals surface area contributed by atoms with E-state index in [9.17, 15) is 19.5 Å². The predicted molar refractivity (Wildman–Crippen MR) is 169 cm³/mol. The number of likely N-dealkylation sites (tertiary alicyclic amines) is 1. The Morgan fingerprint density at radius 3 is 2.09 bits per heavy atom. The summed E-state index contributed by atoms with van der Waals surface area (Å²) in [7, 11) is 0. The number of ether oxygens (including phenoxy) is 1. The summed E-state index contributed by atoms with van der Waals surface area (Å²) in [6, 6.07) is 27.1. The van der Waals surface area contributed by atoms with E-state index in [0.717, 1.165) is 16.9 Å². The lowest BCUT2D eigenvalue weighted by Gasteiger charge is -2.39. The monoisotopic (exact) mass is 605 g/mol. The van der Waals surface area contributed by atoms with E-state index in [2.05, 4.69) is 10.2 Å². The smallest absolute Gasteiger partial charge is 0.315 e. The Kier molecular flexibility index (Phi) is 11.6. The van der Waals surface area contributed by atoms with Crippen LogP contribution in [0, 0.1) is 5.92 Å². The Morgan fingerprint density at radius 1 is 0.907 bits per heavy atom. The van der Waals surface area contributed by atoms with Gasteiger partial charge in [-0.25, -0.2) is 0 Å². The number of aliphatic hydroxyl groups is 1. The van der Waals surface area contributed by atoms with Crippen molar-refractivity contribution in [1.29, 1.82) is 0 Å². The van der Waals surface area contributed by atoms with Crippen molar-refractivity contribution in [3.8, 4) is 0 Å². The Bertz CT molecular complexity index is 1310. The van der Waals surface area contributed by atoms with E-state index in [1.807, 2.05) is 72.8 Å². The van der Waals surface area contributed by atoms with Gasteiger partial charge in [0.2, 0.25) is 11.8 Å². The highest BCUT2D eigenvalue weighted by Crippen LogP contribution is 2.35. The molecular weight excluding hydrogens is 566 g/mol. The van der Waals surface area contributed by atoms with Crippen LogP contribution >= 0.6 is 11.6 Å². The second kappa shape index (κ2) is 15.5. The predicted octanol–water partition coefficient (Wildman–Crippen LogP) is 5.64. The van der Waals surface area contributed by atoms with E-state index >= 15 is 0 Å². The van der Waals surface area contributed by atoms with Gasteiger partial charge in [0.15, 0.2) is 0 Å². The molecule has 0 saturated carbocycles. The summed E-state index contributed by atoms with van der Waals surface area (Å²) < 4.78 is 4.85. The topological polar surface area (TPSA) is 99.2 Å². The summed E-state index contributed by atoms with van der Waals surface area (Å²) in [4.78, 5) is 40.6. The molecule has 0 spiro atoms. The minimum absolute atomic E-state index is 0.0644. The molecule has 8 nitrogen and oxygen atoms in total. The summed E-state index contributed by atoms with van der Waals surface area (Å²) in [5.41, 5.74) is 1.72. The van der Waals surface area contributed by atoms with Crippen molar-refractivity contribution in [2.24, 2.45) is 5.92 Å². The van der Waals surface area contributed by atoms with Gasteiger partial charge >= 0.3 is 5.97 Å². The van der Waals surface area contributed by atoms with E-state index in [1.165, 1.54) is 0 Å². The molecule has 2 N–H and O–H groups in total. The van der Waals surface area contributed by atoms with Gasteiger partial charge in [0.1, 0.15) is 6.42 Å². The highest BCUT2D eigenvalue weighted by atomic mass is 35.5. The number of carbonyl (C=O) groups excluding carboxylic acids is 3. The van der Waals surface area contributed by atoms with E-state index in [1.54, 1.807) is 24.0 Å². The number of piperidine rings is 2. The molecule has 2 fully saturated rings. The lowest BCUT2D eigenvalue weighted by Crippen LogP contribution is -2.42. The average Bonchev–Trinajstić information content (AvgIpc) is 3.03. The van der Waals surface area contributed by atoms with Crippen LogP contribution in [0.25, 0.3) is 0 Å². The molecule has 0 bridgehead atoms. The number of rotatable bonds is 7. The summed E-state index contributed by atoms with van der Waals surface area (Å²) in [5, 5.41) is 14.8. The molecule has 2 aliphatic heterocycles. The fraction of sp³-hybridized carbons (Fsp3) is 0.382. The molecule has 2 aliphatic rings. The Balaban J connectivity index is 0.000000628. The third kappa shape index (κ3) is 9.30. The van der Waals surface area contributed by atoms with Crippen LogP contribution in [0.5, 0.6) is 0 Å². The first-order valence-electron chi connectivity index (χ1n) is 14.8. The fourth-order valence-electron chi connectivity index (χ4n) is 5.43. The minimum Gasteiger partial charge on any atom is -0.466 e. The molecule has 3 aromatic rings. The molecule has 43 heavy (non-hydrogen) atoms. The van der Waals surface area contributed by atoms with E-state index in [-0.39, 0.29) is 30.8 Å². The van der Waals surface area contributed by atoms with Crippen LogP contribution in [0.4, 0.5) is 11.4 Å². The molecule has 2 heterocycles. The zero-order chi connectivity index (χ0) is 30.7. The summed E-state index contributed by atoms with van der Waals surface area (Å²) in [6.07, 6.45) is 2.04. The van der Waals surface area contributed by atoms with Gasteiger partial charge in [-0.1, -0.05) is 66.2 Å². The second-order valence-electron chi connectivity index (χ2n) is 10.9. The largest absolute Gasteiger partial charge is 0.466 e. The number of nitrogens with one attached hydrogen (secondary N) is 1. The van der Waals surface area contributed by atoms with Gasteiger partial charge in [0, 0.05) is 48.5 Å². The summed E-state index contributed by atoms with van der Waals surface area (Å²) >= 11 is 5.99. The first kappa shape index (κ1) is 32.0. The van der Waals surface area contributed by atoms with Gasteiger partial charge in [-0.05, 0) is 68.5 Å². The maximum absolute atomic E-state index is 12.9. The highest BCUT2D eigenvalue weighted by Gasteiger charge is 2.34. The maximum atomic E-state index is 12.9. The molecule has 2 amide bonds. The molecule has 9 heteroatoms. The van der Waals surface area contributed by atoms with Crippen LogP contribution in [0.1, 0.15) is 44.6 Å². The van der Waals surface area contributed by atoms with E-state index in [4.69, 9.17) is 16.3 Å². The summed E-state index contributed by atoms with van der Waals surface area (Å²) in [5.74, 6) is -1.03. The third-order valence-corrected chi connectivity index (χ3v) is 8.19. The normalized spacial score (nSPS) is 16.4. The number of hydrogen-bond donors (Lipinski definition) is 2. The molecule has 0 radical (unpaired) electrons.